The number of hydrogen-bond acceptors (Lipinski definition) is 2. The van der Waals surface area contributed by atoms with E-state index < -0.39 is 0 Å². The Balaban J connectivity index is 1.82. The Morgan fingerprint density at radius 2 is 1.94 bits per heavy atom. The van der Waals surface area contributed by atoms with Gasteiger partial charge in [0.1, 0.15) is 0 Å². The Labute approximate surface area is 100 Å². The SMILES string of the molecule is CC(C)C[C@@H]1CCN(C2CCCCC2O)C1. The van der Waals surface area contributed by atoms with Crippen molar-refractivity contribution in [3.8, 4) is 0 Å². The van der Waals surface area contributed by atoms with Crippen molar-refractivity contribution in [1.82, 2.24) is 4.90 Å². The average Bonchev–Trinajstić information content (AvgIpc) is 2.66. The molecular weight excluding hydrogens is 198 g/mol. The van der Waals surface area contributed by atoms with Crippen molar-refractivity contribution in [3.63, 3.8) is 0 Å². The van der Waals surface area contributed by atoms with Crippen LogP contribution in [-0.4, -0.2) is 35.2 Å². The standard InChI is InChI=1S/C14H27NO/c1-11(2)9-12-7-8-15(10-12)13-5-3-4-6-14(13)16/h11-14,16H,3-10H2,1-2H3/t12-,13?,14?/m0/s1. The second kappa shape index (κ2) is 5.50. The maximum absolute atomic E-state index is 10.1. The van der Waals surface area contributed by atoms with Crippen molar-refractivity contribution >= 4 is 0 Å². The van der Waals surface area contributed by atoms with Gasteiger partial charge in [0.05, 0.1) is 6.10 Å². The van der Waals surface area contributed by atoms with Crippen LogP contribution in [0.3, 0.4) is 0 Å². The second-order valence-electron chi connectivity index (χ2n) is 6.20. The molecule has 0 aromatic heterocycles. The van der Waals surface area contributed by atoms with Gasteiger partial charge in [0.25, 0.3) is 0 Å². The Morgan fingerprint density at radius 1 is 1.19 bits per heavy atom. The molecule has 2 heteroatoms. The molecule has 0 spiro atoms. The van der Waals surface area contributed by atoms with E-state index in [9.17, 15) is 5.11 Å². The second-order valence-corrected chi connectivity index (χ2v) is 6.20. The highest BCUT2D eigenvalue weighted by Crippen LogP contribution is 2.30. The summed E-state index contributed by atoms with van der Waals surface area (Å²) in [5.41, 5.74) is 0. The van der Waals surface area contributed by atoms with Crippen molar-refractivity contribution in [2.75, 3.05) is 13.1 Å². The summed E-state index contributed by atoms with van der Waals surface area (Å²) in [6, 6.07) is 0.478. The number of aliphatic hydroxyl groups is 1. The molecule has 94 valence electrons. The third-order valence-corrected chi connectivity index (χ3v) is 4.28. The highest BCUT2D eigenvalue weighted by Gasteiger charge is 2.33. The lowest BCUT2D eigenvalue weighted by Gasteiger charge is -2.35. The molecule has 2 fully saturated rings. The van der Waals surface area contributed by atoms with Gasteiger partial charge in [-0.2, -0.15) is 0 Å². The van der Waals surface area contributed by atoms with Crippen molar-refractivity contribution in [2.24, 2.45) is 11.8 Å². The zero-order chi connectivity index (χ0) is 11.5. The number of aliphatic hydroxyl groups excluding tert-OH is 1. The highest BCUT2D eigenvalue weighted by atomic mass is 16.3. The summed E-state index contributed by atoms with van der Waals surface area (Å²) in [6.07, 6.45) is 7.44. The smallest absolute Gasteiger partial charge is 0.0695 e. The van der Waals surface area contributed by atoms with E-state index in [1.807, 2.05) is 0 Å². The molecule has 0 amide bonds. The first-order chi connectivity index (χ1) is 7.66. The molecule has 1 aliphatic carbocycles. The van der Waals surface area contributed by atoms with Crippen LogP contribution in [0.5, 0.6) is 0 Å². The Kier molecular flexibility index (Phi) is 4.26. The van der Waals surface area contributed by atoms with Crippen molar-refractivity contribution in [1.29, 1.82) is 0 Å². The van der Waals surface area contributed by atoms with Gasteiger partial charge in [0.2, 0.25) is 0 Å². The minimum absolute atomic E-state index is 0.0495. The van der Waals surface area contributed by atoms with E-state index in [0.29, 0.717) is 6.04 Å². The quantitative estimate of drug-likeness (QED) is 0.798. The molecule has 2 unspecified atom stereocenters. The minimum Gasteiger partial charge on any atom is -0.391 e. The molecule has 1 saturated heterocycles. The molecule has 0 radical (unpaired) electrons. The fraction of sp³-hybridized carbons (Fsp3) is 1.00. The fourth-order valence-corrected chi connectivity index (χ4v) is 3.54. The summed E-state index contributed by atoms with van der Waals surface area (Å²) >= 11 is 0. The summed E-state index contributed by atoms with van der Waals surface area (Å²) in [5, 5.41) is 10.1. The first-order valence-corrected chi connectivity index (χ1v) is 7.09. The monoisotopic (exact) mass is 225 g/mol. The summed E-state index contributed by atoms with van der Waals surface area (Å²) in [4.78, 5) is 2.57. The predicted octanol–water partition coefficient (Wildman–Crippen LogP) is 2.66. The van der Waals surface area contributed by atoms with E-state index in [4.69, 9.17) is 0 Å². The molecule has 1 heterocycles. The fourth-order valence-electron chi connectivity index (χ4n) is 3.54. The predicted molar refractivity (Wildman–Crippen MR) is 67.4 cm³/mol. The molecule has 1 aliphatic heterocycles. The molecule has 0 aromatic carbocycles. The van der Waals surface area contributed by atoms with E-state index in [1.165, 1.54) is 45.2 Å². The minimum atomic E-state index is -0.0495. The maximum atomic E-state index is 10.1. The molecule has 0 aromatic rings. The van der Waals surface area contributed by atoms with Gasteiger partial charge < -0.3 is 5.11 Å². The Hall–Kier alpha value is -0.0800. The van der Waals surface area contributed by atoms with Gasteiger partial charge >= 0.3 is 0 Å². The van der Waals surface area contributed by atoms with E-state index >= 15 is 0 Å². The van der Waals surface area contributed by atoms with Crippen LogP contribution in [0.4, 0.5) is 0 Å². The molecule has 0 bridgehead atoms. The molecule has 2 nitrogen and oxygen atoms in total. The van der Waals surface area contributed by atoms with Crippen LogP contribution in [0, 0.1) is 11.8 Å². The lowest BCUT2D eigenvalue weighted by atomic mass is 9.91. The van der Waals surface area contributed by atoms with Gasteiger partial charge in [-0.15, -0.1) is 0 Å². The normalized spacial score (nSPS) is 37.1. The van der Waals surface area contributed by atoms with E-state index in [1.54, 1.807) is 0 Å². The topological polar surface area (TPSA) is 23.5 Å². The lowest BCUT2D eigenvalue weighted by Crippen LogP contribution is -2.44. The summed E-state index contributed by atoms with van der Waals surface area (Å²) < 4.78 is 0. The molecule has 3 atom stereocenters. The van der Waals surface area contributed by atoms with Gasteiger partial charge in [-0.25, -0.2) is 0 Å². The van der Waals surface area contributed by atoms with Crippen LogP contribution in [0.2, 0.25) is 0 Å². The lowest BCUT2D eigenvalue weighted by molar-refractivity contribution is 0.0291. The molecule has 2 aliphatic rings. The Morgan fingerprint density at radius 3 is 2.62 bits per heavy atom. The van der Waals surface area contributed by atoms with Crippen LogP contribution in [-0.2, 0) is 0 Å². The van der Waals surface area contributed by atoms with E-state index in [2.05, 4.69) is 18.7 Å². The zero-order valence-electron chi connectivity index (χ0n) is 10.9. The first-order valence-electron chi connectivity index (χ1n) is 7.09. The van der Waals surface area contributed by atoms with Crippen molar-refractivity contribution < 1.29 is 5.11 Å². The summed E-state index contributed by atoms with van der Waals surface area (Å²) in [5.74, 6) is 1.70. The number of nitrogens with zero attached hydrogens (tertiary/aromatic N) is 1. The molecule has 1 N–H and O–H groups in total. The number of rotatable bonds is 3. The summed E-state index contributed by atoms with van der Waals surface area (Å²) in [7, 11) is 0. The zero-order valence-corrected chi connectivity index (χ0v) is 10.9. The Bertz CT molecular complexity index is 217. The average molecular weight is 225 g/mol. The van der Waals surface area contributed by atoms with Crippen molar-refractivity contribution in [2.45, 2.75) is 64.5 Å². The highest BCUT2D eigenvalue weighted by molar-refractivity contribution is 4.88. The van der Waals surface area contributed by atoms with Crippen LogP contribution >= 0.6 is 0 Å². The maximum Gasteiger partial charge on any atom is 0.0695 e. The first kappa shape index (κ1) is 12.4. The molecular formula is C14H27NO. The van der Waals surface area contributed by atoms with Crippen LogP contribution in [0.25, 0.3) is 0 Å². The van der Waals surface area contributed by atoms with Crippen LogP contribution in [0.15, 0.2) is 0 Å². The molecule has 1 saturated carbocycles. The van der Waals surface area contributed by atoms with Gasteiger partial charge in [-0.05, 0) is 44.1 Å². The molecule has 16 heavy (non-hydrogen) atoms. The number of hydrogen-bond donors (Lipinski definition) is 1. The number of likely N-dealkylation sites (tertiary alicyclic amines) is 1. The third kappa shape index (κ3) is 2.98. The largest absolute Gasteiger partial charge is 0.391 e. The van der Waals surface area contributed by atoms with E-state index in [-0.39, 0.29) is 6.10 Å². The van der Waals surface area contributed by atoms with Gasteiger partial charge in [-0.1, -0.05) is 26.7 Å². The summed E-state index contributed by atoms with van der Waals surface area (Å²) in [6.45, 7) is 7.09. The molecule has 2 rings (SSSR count). The van der Waals surface area contributed by atoms with Crippen LogP contribution < -0.4 is 0 Å². The van der Waals surface area contributed by atoms with Gasteiger partial charge in [0.15, 0.2) is 0 Å². The van der Waals surface area contributed by atoms with Gasteiger partial charge in [-0.3, -0.25) is 4.90 Å². The van der Waals surface area contributed by atoms with Crippen molar-refractivity contribution in [3.05, 3.63) is 0 Å². The third-order valence-electron chi connectivity index (χ3n) is 4.28. The van der Waals surface area contributed by atoms with E-state index in [0.717, 1.165) is 18.3 Å². The van der Waals surface area contributed by atoms with Gasteiger partial charge in [0, 0.05) is 12.6 Å². The van der Waals surface area contributed by atoms with Crippen LogP contribution in [0.1, 0.15) is 52.4 Å².